The van der Waals surface area contributed by atoms with Crippen LogP contribution in [0.1, 0.15) is 28.1 Å². The number of anilines is 1. The van der Waals surface area contributed by atoms with E-state index in [-0.39, 0.29) is 34.9 Å². The van der Waals surface area contributed by atoms with Gasteiger partial charge in [-0.05, 0) is 18.1 Å². The number of halogens is 3. The first-order chi connectivity index (χ1) is 18.0. The van der Waals surface area contributed by atoms with E-state index in [9.17, 15) is 33.0 Å². The van der Waals surface area contributed by atoms with Crippen LogP contribution < -0.4 is 11.1 Å². The van der Waals surface area contributed by atoms with Crippen LogP contribution in [0.4, 0.5) is 19.0 Å². The maximum absolute atomic E-state index is 12.7. The van der Waals surface area contributed by atoms with Crippen molar-refractivity contribution in [2.45, 2.75) is 18.5 Å². The van der Waals surface area contributed by atoms with E-state index < -0.39 is 49.2 Å². The highest BCUT2D eigenvalue weighted by Gasteiger charge is 2.32. The summed E-state index contributed by atoms with van der Waals surface area (Å²) >= 11 is 0. The molecule has 202 valence electrons. The highest BCUT2D eigenvalue weighted by Crippen LogP contribution is 2.27. The van der Waals surface area contributed by atoms with Crippen LogP contribution in [0.15, 0.2) is 24.7 Å². The lowest BCUT2D eigenvalue weighted by Gasteiger charge is -2.23. The Morgan fingerprint density at radius 3 is 2.63 bits per heavy atom. The average Bonchev–Trinajstić information content (AvgIpc) is 3.31. The lowest BCUT2D eigenvalue weighted by Crippen LogP contribution is -2.33. The number of ether oxygens (including phenoxy) is 1. The van der Waals surface area contributed by atoms with Crippen LogP contribution in [-0.4, -0.2) is 91.4 Å². The molecule has 0 saturated heterocycles. The maximum Gasteiger partial charge on any atom is 0.433 e. The fraction of sp³-hybridized carbons (Fsp3) is 0.364. The Hall–Kier alpha value is -4.33. The zero-order valence-electron chi connectivity index (χ0n) is 20.1. The van der Waals surface area contributed by atoms with E-state index in [0.717, 1.165) is 17.2 Å². The number of aliphatic hydroxyl groups is 2. The van der Waals surface area contributed by atoms with Gasteiger partial charge >= 0.3 is 6.18 Å². The van der Waals surface area contributed by atoms with Crippen molar-refractivity contribution in [2.24, 2.45) is 0 Å². The summed E-state index contributed by atoms with van der Waals surface area (Å²) in [4.78, 5) is 40.9. The highest BCUT2D eigenvalue weighted by molar-refractivity contribution is 5.93. The number of amides is 2. The van der Waals surface area contributed by atoms with E-state index in [2.05, 4.69) is 37.1 Å². The third-order valence-corrected chi connectivity index (χ3v) is 5.07. The van der Waals surface area contributed by atoms with Crippen LogP contribution in [0, 0.1) is 11.8 Å². The standard InChI is InChI=1S/C22H23F3N8O5/c1-27-16(36)10-38-21(13(35)9-34)33-11-29-17-18(26)30-15(31-19(17)33)4-3-7-32(2)20(37)12-5-6-14(28-8-12)22(23,24)25/h5-6,8,11,13,21,34-35H,7,9-10H2,1-2H3,(H,27,36)(H2,26,30,31). The van der Waals surface area contributed by atoms with Crippen LogP contribution >= 0.6 is 0 Å². The second-order valence-electron chi connectivity index (χ2n) is 7.77. The number of rotatable bonds is 8. The molecular formula is C22H23F3N8O5. The molecule has 38 heavy (non-hydrogen) atoms. The van der Waals surface area contributed by atoms with E-state index in [0.29, 0.717) is 6.07 Å². The number of carbonyl (C=O) groups excluding carboxylic acids is 2. The van der Waals surface area contributed by atoms with Gasteiger partial charge in [0.25, 0.3) is 5.91 Å². The Morgan fingerprint density at radius 1 is 1.29 bits per heavy atom. The van der Waals surface area contributed by atoms with Crippen molar-refractivity contribution in [1.29, 1.82) is 0 Å². The molecule has 3 aromatic heterocycles. The van der Waals surface area contributed by atoms with Crippen LogP contribution in [0.5, 0.6) is 0 Å². The van der Waals surface area contributed by atoms with Gasteiger partial charge in [0, 0.05) is 20.3 Å². The Morgan fingerprint density at radius 2 is 2.03 bits per heavy atom. The number of nitrogens with zero attached hydrogens (tertiary/aromatic N) is 6. The van der Waals surface area contributed by atoms with Crippen LogP contribution in [0.3, 0.4) is 0 Å². The second-order valence-corrected chi connectivity index (χ2v) is 7.77. The van der Waals surface area contributed by atoms with Crippen molar-refractivity contribution < 1.29 is 37.7 Å². The number of fused-ring (bicyclic) bond motifs is 1. The van der Waals surface area contributed by atoms with Crippen molar-refractivity contribution in [3.8, 4) is 11.8 Å². The number of carbonyl (C=O) groups is 2. The van der Waals surface area contributed by atoms with Gasteiger partial charge in [0.05, 0.1) is 25.0 Å². The summed E-state index contributed by atoms with van der Waals surface area (Å²) < 4.78 is 44.7. The molecule has 0 fully saturated rings. The monoisotopic (exact) mass is 536 g/mol. The van der Waals surface area contributed by atoms with Crippen LogP contribution in [-0.2, 0) is 15.7 Å². The zero-order valence-corrected chi connectivity index (χ0v) is 20.1. The smallest absolute Gasteiger partial charge is 0.394 e. The fourth-order valence-corrected chi connectivity index (χ4v) is 3.10. The zero-order chi connectivity index (χ0) is 28.0. The number of nitrogen functional groups attached to an aromatic ring is 1. The summed E-state index contributed by atoms with van der Waals surface area (Å²) in [5.41, 5.74) is 5.03. The molecule has 3 aromatic rings. The Labute approximate surface area is 213 Å². The maximum atomic E-state index is 12.7. The van der Waals surface area contributed by atoms with Gasteiger partial charge in [-0.15, -0.1) is 0 Å². The highest BCUT2D eigenvalue weighted by atomic mass is 19.4. The second kappa shape index (κ2) is 11.8. The molecule has 2 atom stereocenters. The Balaban J connectivity index is 1.81. The molecule has 16 heteroatoms. The lowest BCUT2D eigenvalue weighted by atomic mass is 10.2. The van der Waals surface area contributed by atoms with Crippen molar-refractivity contribution in [3.05, 3.63) is 41.7 Å². The molecule has 13 nitrogen and oxygen atoms in total. The molecule has 3 rings (SSSR count). The number of aliphatic hydroxyl groups excluding tert-OH is 2. The summed E-state index contributed by atoms with van der Waals surface area (Å²) in [7, 11) is 2.80. The number of imidazole rings is 1. The summed E-state index contributed by atoms with van der Waals surface area (Å²) in [6.07, 6.45) is -5.24. The Kier molecular flexibility index (Phi) is 8.78. The number of hydrogen-bond acceptors (Lipinski definition) is 10. The number of nitrogens with one attached hydrogen (secondary N) is 1. The summed E-state index contributed by atoms with van der Waals surface area (Å²) in [5, 5.41) is 22.0. The average molecular weight is 536 g/mol. The molecular weight excluding hydrogens is 513 g/mol. The van der Waals surface area contributed by atoms with Crippen molar-refractivity contribution in [1.82, 2.24) is 34.7 Å². The van der Waals surface area contributed by atoms with E-state index in [1.165, 1.54) is 25.0 Å². The minimum Gasteiger partial charge on any atom is -0.394 e. The van der Waals surface area contributed by atoms with E-state index in [1.54, 1.807) is 0 Å². The van der Waals surface area contributed by atoms with Gasteiger partial charge in [0.1, 0.15) is 23.9 Å². The van der Waals surface area contributed by atoms with E-state index >= 15 is 0 Å². The number of pyridine rings is 1. The molecule has 0 bridgehead atoms. The molecule has 3 heterocycles. The van der Waals surface area contributed by atoms with Crippen molar-refractivity contribution in [3.63, 3.8) is 0 Å². The molecule has 2 amide bonds. The summed E-state index contributed by atoms with van der Waals surface area (Å²) in [5.74, 6) is 4.10. The first kappa shape index (κ1) is 28.2. The van der Waals surface area contributed by atoms with Gasteiger partial charge in [0.15, 0.2) is 17.7 Å². The normalized spacial score (nSPS) is 12.9. The van der Waals surface area contributed by atoms with Crippen LogP contribution in [0.25, 0.3) is 11.2 Å². The minimum atomic E-state index is -4.62. The largest absolute Gasteiger partial charge is 0.433 e. The molecule has 0 radical (unpaired) electrons. The van der Waals surface area contributed by atoms with Gasteiger partial charge in [-0.25, -0.2) is 15.0 Å². The lowest BCUT2D eigenvalue weighted by molar-refractivity contribution is -0.141. The van der Waals surface area contributed by atoms with Gasteiger partial charge < -0.3 is 30.9 Å². The summed E-state index contributed by atoms with van der Waals surface area (Å²) in [6.45, 7) is -1.26. The quantitative estimate of drug-likeness (QED) is 0.276. The fourth-order valence-electron chi connectivity index (χ4n) is 3.10. The molecule has 0 aromatic carbocycles. The van der Waals surface area contributed by atoms with E-state index in [4.69, 9.17) is 10.5 Å². The molecule has 0 aliphatic rings. The van der Waals surface area contributed by atoms with Crippen molar-refractivity contribution >= 4 is 28.8 Å². The topological polar surface area (TPSA) is 182 Å². The van der Waals surface area contributed by atoms with Crippen LogP contribution in [0.2, 0.25) is 0 Å². The number of alkyl halides is 3. The predicted octanol–water partition coefficient (Wildman–Crippen LogP) is -0.440. The number of aromatic nitrogens is 5. The number of hydrogen-bond donors (Lipinski definition) is 4. The first-order valence-corrected chi connectivity index (χ1v) is 10.8. The number of nitrogens with two attached hydrogens (primary N) is 1. The first-order valence-electron chi connectivity index (χ1n) is 10.8. The molecule has 0 aliphatic carbocycles. The molecule has 5 N–H and O–H groups in total. The van der Waals surface area contributed by atoms with E-state index in [1.807, 2.05) is 0 Å². The number of likely N-dealkylation sites (N-methyl/N-ethyl adjacent to an activating group) is 1. The van der Waals surface area contributed by atoms with Gasteiger partial charge in [-0.1, -0.05) is 5.92 Å². The van der Waals surface area contributed by atoms with Gasteiger partial charge in [-0.2, -0.15) is 13.2 Å². The van der Waals surface area contributed by atoms with Crippen molar-refractivity contribution in [2.75, 3.05) is 39.6 Å². The molecule has 2 unspecified atom stereocenters. The van der Waals surface area contributed by atoms with Gasteiger partial charge in [0.2, 0.25) is 11.7 Å². The molecule has 0 saturated carbocycles. The Bertz CT molecular complexity index is 1370. The minimum absolute atomic E-state index is 0.0538. The molecule has 0 spiro atoms. The third-order valence-electron chi connectivity index (χ3n) is 5.07. The van der Waals surface area contributed by atoms with Gasteiger partial charge in [-0.3, -0.25) is 19.1 Å². The molecule has 0 aliphatic heterocycles. The summed E-state index contributed by atoms with van der Waals surface area (Å²) in [6, 6.07) is 1.73. The third kappa shape index (κ3) is 6.51. The SMILES string of the molecule is CNC(=O)COC(C(O)CO)n1cnc2c(N)nc(C#CCN(C)C(=O)c3ccc(C(F)(F)F)nc3)nc21. The predicted molar refractivity (Wildman–Crippen MR) is 125 cm³/mol.